The number of hydrogen-bond donors (Lipinski definition) is 1. The van der Waals surface area contributed by atoms with E-state index in [2.05, 4.69) is 15.2 Å². The van der Waals surface area contributed by atoms with E-state index in [1.54, 1.807) is 13.8 Å². The van der Waals surface area contributed by atoms with Crippen molar-refractivity contribution in [1.82, 2.24) is 19.9 Å². The van der Waals surface area contributed by atoms with Crippen LogP contribution >= 0.6 is 11.8 Å². The molecule has 0 radical (unpaired) electrons. The summed E-state index contributed by atoms with van der Waals surface area (Å²) in [6.45, 7) is 3.47. The van der Waals surface area contributed by atoms with E-state index in [1.807, 2.05) is 0 Å². The van der Waals surface area contributed by atoms with E-state index in [0.29, 0.717) is 21.6 Å². The standard InChI is InChI=1S/C9H10N6O2S/c1-5-3-7(15(16)17)4-11-8(5)18-9-13-12-6(2)14(9)10/h3-4H,10H2,1-2H3. The summed E-state index contributed by atoms with van der Waals surface area (Å²) >= 11 is 1.21. The molecule has 8 nitrogen and oxygen atoms in total. The van der Waals surface area contributed by atoms with Crippen molar-refractivity contribution in [2.75, 3.05) is 5.84 Å². The first kappa shape index (κ1) is 12.3. The molecule has 2 N–H and O–H groups in total. The third-order valence-electron chi connectivity index (χ3n) is 2.25. The molecule has 0 spiro atoms. The predicted octanol–water partition coefficient (Wildman–Crippen LogP) is 1.06. The molecule has 0 unspecified atom stereocenters. The van der Waals surface area contributed by atoms with E-state index < -0.39 is 4.92 Å². The summed E-state index contributed by atoms with van der Waals surface area (Å²) in [5, 5.41) is 19.4. The summed E-state index contributed by atoms with van der Waals surface area (Å²) in [5.41, 5.74) is 0.650. The molecule has 0 fully saturated rings. The van der Waals surface area contributed by atoms with Crippen molar-refractivity contribution in [1.29, 1.82) is 0 Å². The van der Waals surface area contributed by atoms with Gasteiger partial charge in [0.25, 0.3) is 5.69 Å². The molecule has 0 saturated heterocycles. The first-order valence-electron chi connectivity index (χ1n) is 4.95. The topological polar surface area (TPSA) is 113 Å². The van der Waals surface area contributed by atoms with Crippen molar-refractivity contribution in [3.8, 4) is 0 Å². The Morgan fingerprint density at radius 3 is 2.67 bits per heavy atom. The number of pyridine rings is 1. The summed E-state index contributed by atoms with van der Waals surface area (Å²) in [5.74, 6) is 6.29. The molecule has 0 amide bonds. The first-order valence-corrected chi connectivity index (χ1v) is 5.76. The summed E-state index contributed by atoms with van der Waals surface area (Å²) < 4.78 is 1.34. The van der Waals surface area contributed by atoms with Crippen LogP contribution in [0.15, 0.2) is 22.4 Å². The highest BCUT2D eigenvalue weighted by molar-refractivity contribution is 7.99. The second-order valence-corrected chi connectivity index (χ2v) is 4.53. The molecule has 0 bridgehead atoms. The van der Waals surface area contributed by atoms with Crippen LogP contribution in [-0.4, -0.2) is 24.8 Å². The number of aromatic nitrogens is 4. The van der Waals surface area contributed by atoms with Crippen LogP contribution in [0.5, 0.6) is 0 Å². The molecule has 94 valence electrons. The average Bonchev–Trinajstić information content (AvgIpc) is 2.63. The zero-order valence-electron chi connectivity index (χ0n) is 9.69. The first-order chi connectivity index (χ1) is 8.49. The fourth-order valence-corrected chi connectivity index (χ4v) is 2.07. The second kappa shape index (κ2) is 4.61. The maximum Gasteiger partial charge on any atom is 0.287 e. The van der Waals surface area contributed by atoms with Crippen LogP contribution < -0.4 is 5.84 Å². The van der Waals surface area contributed by atoms with Gasteiger partial charge in [0.2, 0.25) is 5.16 Å². The number of nitrogen functional groups attached to an aromatic ring is 1. The van der Waals surface area contributed by atoms with Gasteiger partial charge in [-0.1, -0.05) is 0 Å². The van der Waals surface area contributed by atoms with Crippen LogP contribution in [0, 0.1) is 24.0 Å². The van der Waals surface area contributed by atoms with Gasteiger partial charge in [-0.2, -0.15) is 0 Å². The predicted molar refractivity (Wildman–Crippen MR) is 64.7 cm³/mol. The number of aryl methyl sites for hydroxylation is 2. The van der Waals surface area contributed by atoms with E-state index in [4.69, 9.17) is 5.84 Å². The molecule has 18 heavy (non-hydrogen) atoms. The van der Waals surface area contributed by atoms with E-state index in [0.717, 1.165) is 0 Å². The second-order valence-electron chi connectivity index (χ2n) is 3.57. The van der Waals surface area contributed by atoms with Crippen LogP contribution in [0.4, 0.5) is 5.69 Å². The molecule has 0 aliphatic heterocycles. The van der Waals surface area contributed by atoms with Gasteiger partial charge >= 0.3 is 0 Å². The fraction of sp³-hybridized carbons (Fsp3) is 0.222. The molecule has 2 aromatic rings. The van der Waals surface area contributed by atoms with Crippen molar-refractivity contribution >= 4 is 17.4 Å². The third kappa shape index (κ3) is 2.25. The van der Waals surface area contributed by atoms with Crippen LogP contribution in [0.2, 0.25) is 0 Å². The maximum atomic E-state index is 10.6. The fourth-order valence-electron chi connectivity index (χ4n) is 1.26. The Bertz CT molecular complexity index is 611. The molecule has 0 atom stereocenters. The normalized spacial score (nSPS) is 10.6. The van der Waals surface area contributed by atoms with Gasteiger partial charge < -0.3 is 5.84 Å². The van der Waals surface area contributed by atoms with Crippen molar-refractivity contribution in [2.24, 2.45) is 0 Å². The van der Waals surface area contributed by atoms with E-state index in [1.165, 1.54) is 28.7 Å². The molecule has 2 aromatic heterocycles. The lowest BCUT2D eigenvalue weighted by Crippen LogP contribution is -2.11. The van der Waals surface area contributed by atoms with Gasteiger partial charge in [0.1, 0.15) is 17.0 Å². The van der Waals surface area contributed by atoms with Gasteiger partial charge in [-0.25, -0.2) is 9.66 Å². The van der Waals surface area contributed by atoms with Crippen LogP contribution in [0.3, 0.4) is 0 Å². The van der Waals surface area contributed by atoms with E-state index in [9.17, 15) is 10.1 Å². The Morgan fingerprint density at radius 1 is 1.44 bits per heavy atom. The van der Waals surface area contributed by atoms with Gasteiger partial charge in [0.05, 0.1) is 4.92 Å². The van der Waals surface area contributed by atoms with Crippen LogP contribution in [0.1, 0.15) is 11.4 Å². The summed E-state index contributed by atoms with van der Waals surface area (Å²) in [4.78, 5) is 14.1. The minimum atomic E-state index is -0.482. The molecule has 0 saturated carbocycles. The Hall–Kier alpha value is -2.16. The molecule has 2 rings (SSSR count). The molecular formula is C9H10N6O2S. The van der Waals surface area contributed by atoms with Gasteiger partial charge in [-0.3, -0.25) is 10.1 Å². The largest absolute Gasteiger partial charge is 0.336 e. The minimum absolute atomic E-state index is 0.0396. The van der Waals surface area contributed by atoms with Crippen molar-refractivity contribution in [3.63, 3.8) is 0 Å². The molecule has 0 aromatic carbocycles. The Balaban J connectivity index is 2.30. The highest BCUT2D eigenvalue weighted by Crippen LogP contribution is 2.28. The molecule has 2 heterocycles. The Morgan fingerprint density at radius 2 is 2.17 bits per heavy atom. The Kier molecular flexibility index (Phi) is 3.15. The van der Waals surface area contributed by atoms with Gasteiger partial charge in [-0.05, 0) is 31.2 Å². The summed E-state index contributed by atoms with van der Waals surface area (Å²) in [6, 6.07) is 1.46. The highest BCUT2D eigenvalue weighted by atomic mass is 32.2. The van der Waals surface area contributed by atoms with Crippen molar-refractivity contribution in [3.05, 3.63) is 33.8 Å². The highest BCUT2D eigenvalue weighted by Gasteiger charge is 2.14. The number of nitrogens with two attached hydrogens (primary N) is 1. The summed E-state index contributed by atoms with van der Waals surface area (Å²) in [7, 11) is 0. The van der Waals surface area contributed by atoms with Gasteiger partial charge in [-0.15, -0.1) is 10.2 Å². The van der Waals surface area contributed by atoms with E-state index in [-0.39, 0.29) is 5.69 Å². The van der Waals surface area contributed by atoms with Gasteiger partial charge in [0.15, 0.2) is 0 Å². The number of hydrogen-bond acceptors (Lipinski definition) is 7. The van der Waals surface area contributed by atoms with Crippen LogP contribution in [0.25, 0.3) is 0 Å². The van der Waals surface area contributed by atoms with Crippen molar-refractivity contribution < 1.29 is 4.92 Å². The Labute approximate surface area is 106 Å². The molecular weight excluding hydrogens is 256 g/mol. The third-order valence-corrected chi connectivity index (χ3v) is 3.33. The summed E-state index contributed by atoms with van der Waals surface area (Å²) in [6.07, 6.45) is 1.21. The maximum absolute atomic E-state index is 10.6. The lowest BCUT2D eigenvalue weighted by Gasteiger charge is -2.03. The number of nitro groups is 1. The van der Waals surface area contributed by atoms with E-state index >= 15 is 0 Å². The zero-order chi connectivity index (χ0) is 13.3. The van der Waals surface area contributed by atoms with Gasteiger partial charge in [0, 0.05) is 6.07 Å². The molecule has 0 aliphatic rings. The van der Waals surface area contributed by atoms with Crippen LogP contribution in [-0.2, 0) is 0 Å². The number of nitrogens with zero attached hydrogens (tertiary/aromatic N) is 5. The SMILES string of the molecule is Cc1cc([N+](=O)[O-])cnc1Sc1nnc(C)n1N. The molecule has 9 heteroatoms. The lowest BCUT2D eigenvalue weighted by atomic mass is 10.3. The smallest absolute Gasteiger partial charge is 0.287 e. The molecule has 0 aliphatic carbocycles. The average molecular weight is 266 g/mol. The number of rotatable bonds is 3. The van der Waals surface area contributed by atoms with Crippen molar-refractivity contribution in [2.45, 2.75) is 24.0 Å². The zero-order valence-corrected chi connectivity index (χ0v) is 10.5. The quantitative estimate of drug-likeness (QED) is 0.502. The minimum Gasteiger partial charge on any atom is -0.336 e. The lowest BCUT2D eigenvalue weighted by molar-refractivity contribution is -0.385. The monoisotopic (exact) mass is 266 g/mol.